The molecule has 104 valence electrons. The lowest BCUT2D eigenvalue weighted by Gasteiger charge is -2.21. The van der Waals surface area contributed by atoms with Gasteiger partial charge in [0.1, 0.15) is 0 Å². The van der Waals surface area contributed by atoms with Crippen LogP contribution in [0.15, 0.2) is 30.3 Å². The molecule has 0 amide bonds. The predicted molar refractivity (Wildman–Crippen MR) is 81.8 cm³/mol. The number of benzene rings is 1. The first-order valence-corrected chi connectivity index (χ1v) is 6.61. The van der Waals surface area contributed by atoms with Crippen molar-refractivity contribution in [1.82, 2.24) is 4.98 Å². The summed E-state index contributed by atoms with van der Waals surface area (Å²) in [5.41, 5.74) is 3.89. The van der Waals surface area contributed by atoms with E-state index in [1.165, 1.54) is 5.56 Å². The number of hydrogen-bond acceptors (Lipinski definition) is 2. The highest BCUT2D eigenvalue weighted by Gasteiger charge is 2.18. The third kappa shape index (κ3) is 2.87. The van der Waals surface area contributed by atoms with E-state index in [4.69, 9.17) is 5.11 Å². The molecule has 0 saturated heterocycles. The zero-order valence-electron chi connectivity index (χ0n) is 12.3. The van der Waals surface area contributed by atoms with Gasteiger partial charge in [0, 0.05) is 17.2 Å². The first kappa shape index (κ1) is 14.3. The molecule has 0 saturated carbocycles. The number of rotatable bonds is 2. The Morgan fingerprint density at radius 2 is 2.00 bits per heavy atom. The van der Waals surface area contributed by atoms with Crippen LogP contribution in [-0.2, 0) is 10.2 Å². The number of aliphatic carboxylic acids is 1. The summed E-state index contributed by atoms with van der Waals surface area (Å²) in [4.78, 5) is 15.4. The molecule has 0 fully saturated rings. The van der Waals surface area contributed by atoms with Gasteiger partial charge in [-0.3, -0.25) is 4.98 Å². The number of carboxylic acids is 1. The lowest BCUT2D eigenvalue weighted by molar-refractivity contribution is -0.131. The van der Waals surface area contributed by atoms with Gasteiger partial charge in [-0.15, -0.1) is 0 Å². The molecule has 20 heavy (non-hydrogen) atoms. The average molecular weight is 269 g/mol. The molecule has 1 aromatic heterocycles. The Bertz CT molecular complexity index is 694. The number of carbonyl (C=O) groups is 1. The quantitative estimate of drug-likeness (QED) is 0.840. The van der Waals surface area contributed by atoms with Crippen molar-refractivity contribution in [2.24, 2.45) is 0 Å². The van der Waals surface area contributed by atoms with E-state index >= 15 is 0 Å². The Kier molecular flexibility index (Phi) is 3.62. The minimum absolute atomic E-state index is 0.00587. The normalized spacial score (nSPS) is 12.2. The Balaban J connectivity index is 2.76. The molecule has 3 nitrogen and oxygen atoms in total. The van der Waals surface area contributed by atoms with Crippen molar-refractivity contribution in [3.8, 4) is 0 Å². The number of pyridine rings is 1. The van der Waals surface area contributed by atoms with E-state index in [0.717, 1.165) is 28.2 Å². The van der Waals surface area contributed by atoms with Gasteiger partial charge in [0.05, 0.1) is 5.52 Å². The summed E-state index contributed by atoms with van der Waals surface area (Å²) in [6, 6.07) is 7.98. The summed E-state index contributed by atoms with van der Waals surface area (Å²) < 4.78 is 0. The largest absolute Gasteiger partial charge is 0.478 e. The molecular formula is C17H19NO2. The zero-order valence-corrected chi connectivity index (χ0v) is 12.3. The fourth-order valence-corrected chi connectivity index (χ4v) is 2.31. The smallest absolute Gasteiger partial charge is 0.328 e. The van der Waals surface area contributed by atoms with E-state index in [2.05, 4.69) is 31.8 Å². The van der Waals surface area contributed by atoms with Crippen LogP contribution in [0.2, 0.25) is 0 Å². The molecule has 0 unspecified atom stereocenters. The minimum atomic E-state index is -0.945. The Labute approximate surface area is 119 Å². The summed E-state index contributed by atoms with van der Waals surface area (Å²) >= 11 is 0. The number of para-hydroxylation sites is 1. The van der Waals surface area contributed by atoms with Crippen molar-refractivity contribution in [2.45, 2.75) is 33.1 Å². The molecule has 2 rings (SSSR count). The number of hydrogen-bond donors (Lipinski definition) is 1. The van der Waals surface area contributed by atoms with Gasteiger partial charge in [0.25, 0.3) is 0 Å². The predicted octanol–water partition coefficient (Wildman–Crippen LogP) is 3.94. The highest BCUT2D eigenvalue weighted by atomic mass is 16.4. The van der Waals surface area contributed by atoms with Crippen LogP contribution >= 0.6 is 0 Å². The molecule has 0 atom stereocenters. The number of fused-ring (bicyclic) bond motifs is 1. The second kappa shape index (κ2) is 5.08. The second-order valence-corrected chi connectivity index (χ2v) is 5.98. The second-order valence-electron chi connectivity index (χ2n) is 5.98. The van der Waals surface area contributed by atoms with Crippen LogP contribution in [-0.4, -0.2) is 16.1 Å². The molecule has 1 heterocycles. The van der Waals surface area contributed by atoms with E-state index in [1.807, 2.05) is 25.1 Å². The van der Waals surface area contributed by atoms with Crippen LogP contribution in [0.5, 0.6) is 0 Å². The van der Waals surface area contributed by atoms with Gasteiger partial charge in [-0.1, -0.05) is 39.0 Å². The molecule has 0 spiro atoms. The van der Waals surface area contributed by atoms with Gasteiger partial charge in [-0.2, -0.15) is 0 Å². The van der Waals surface area contributed by atoms with E-state index in [9.17, 15) is 4.79 Å². The van der Waals surface area contributed by atoms with Gasteiger partial charge in [0.2, 0.25) is 0 Å². The van der Waals surface area contributed by atoms with Crippen LogP contribution < -0.4 is 0 Å². The van der Waals surface area contributed by atoms with Crippen LogP contribution in [0.25, 0.3) is 17.0 Å². The fraction of sp³-hybridized carbons (Fsp3) is 0.294. The number of carboxylic acid groups (broad SMARTS) is 1. The van der Waals surface area contributed by atoms with Crippen molar-refractivity contribution in [1.29, 1.82) is 0 Å². The van der Waals surface area contributed by atoms with Crippen LogP contribution in [0.4, 0.5) is 0 Å². The summed E-state index contributed by atoms with van der Waals surface area (Å²) in [6.07, 6.45) is 2.80. The SMILES string of the molecule is Cc1cc(/C=C/C(=O)O)c2cccc(C(C)(C)C)c2n1. The summed E-state index contributed by atoms with van der Waals surface area (Å²) in [7, 11) is 0. The fourth-order valence-electron chi connectivity index (χ4n) is 2.31. The third-order valence-corrected chi connectivity index (χ3v) is 3.21. The Morgan fingerprint density at radius 1 is 1.30 bits per heavy atom. The number of aromatic nitrogens is 1. The minimum Gasteiger partial charge on any atom is -0.478 e. The molecule has 1 N–H and O–H groups in total. The van der Waals surface area contributed by atoms with Crippen molar-refractivity contribution in [3.05, 3.63) is 47.2 Å². The first-order chi connectivity index (χ1) is 9.29. The lowest BCUT2D eigenvalue weighted by atomic mass is 9.85. The maximum absolute atomic E-state index is 10.7. The molecule has 2 aromatic rings. The first-order valence-electron chi connectivity index (χ1n) is 6.61. The molecule has 0 bridgehead atoms. The van der Waals surface area contributed by atoms with Gasteiger partial charge < -0.3 is 5.11 Å². The maximum Gasteiger partial charge on any atom is 0.328 e. The van der Waals surface area contributed by atoms with E-state index in [1.54, 1.807) is 6.08 Å². The van der Waals surface area contributed by atoms with Gasteiger partial charge in [-0.05, 0) is 35.6 Å². The van der Waals surface area contributed by atoms with Crippen molar-refractivity contribution < 1.29 is 9.90 Å². The third-order valence-electron chi connectivity index (χ3n) is 3.21. The number of nitrogens with zero attached hydrogens (tertiary/aromatic N) is 1. The van der Waals surface area contributed by atoms with Gasteiger partial charge >= 0.3 is 5.97 Å². The molecule has 0 aliphatic rings. The average Bonchev–Trinajstić information content (AvgIpc) is 2.33. The molecule has 0 radical (unpaired) electrons. The summed E-state index contributed by atoms with van der Waals surface area (Å²) in [6.45, 7) is 8.38. The molecule has 3 heteroatoms. The summed E-state index contributed by atoms with van der Waals surface area (Å²) in [5, 5.41) is 9.78. The van der Waals surface area contributed by atoms with Crippen LogP contribution in [0.3, 0.4) is 0 Å². The van der Waals surface area contributed by atoms with Crippen LogP contribution in [0.1, 0.15) is 37.6 Å². The zero-order chi connectivity index (χ0) is 14.9. The molecule has 0 aliphatic heterocycles. The van der Waals surface area contributed by atoms with Crippen molar-refractivity contribution >= 4 is 22.9 Å². The Morgan fingerprint density at radius 3 is 2.60 bits per heavy atom. The van der Waals surface area contributed by atoms with E-state index < -0.39 is 5.97 Å². The van der Waals surface area contributed by atoms with Crippen molar-refractivity contribution in [2.75, 3.05) is 0 Å². The maximum atomic E-state index is 10.7. The highest BCUT2D eigenvalue weighted by Crippen LogP contribution is 2.31. The van der Waals surface area contributed by atoms with E-state index in [-0.39, 0.29) is 5.41 Å². The standard InChI is InChI=1S/C17H19NO2/c1-11-10-12(8-9-15(19)20)13-6-5-7-14(16(13)18-11)17(2,3)4/h5-10H,1-4H3,(H,19,20)/b9-8+. The number of aryl methyl sites for hydroxylation is 1. The highest BCUT2D eigenvalue weighted by molar-refractivity contribution is 5.94. The van der Waals surface area contributed by atoms with Crippen LogP contribution in [0, 0.1) is 6.92 Å². The van der Waals surface area contributed by atoms with Gasteiger partial charge in [0.15, 0.2) is 0 Å². The molecular weight excluding hydrogens is 250 g/mol. The monoisotopic (exact) mass is 269 g/mol. The topological polar surface area (TPSA) is 50.2 Å². The van der Waals surface area contributed by atoms with Gasteiger partial charge in [-0.25, -0.2) is 4.79 Å². The lowest BCUT2D eigenvalue weighted by Crippen LogP contribution is -2.12. The van der Waals surface area contributed by atoms with Crippen molar-refractivity contribution in [3.63, 3.8) is 0 Å². The summed E-state index contributed by atoms with van der Waals surface area (Å²) in [5.74, 6) is -0.945. The Hall–Kier alpha value is -2.16. The molecule has 0 aliphatic carbocycles. The molecule has 1 aromatic carbocycles. The van der Waals surface area contributed by atoms with E-state index in [0.29, 0.717) is 0 Å².